The molecule has 1 heterocycles. The second-order valence-electron chi connectivity index (χ2n) is 4.49. The highest BCUT2D eigenvalue weighted by Crippen LogP contribution is 2.12. The molecule has 0 bridgehead atoms. The Hall–Kier alpha value is -2.68. The van der Waals surface area contributed by atoms with Crippen LogP contribution in [0.25, 0.3) is 5.69 Å². The van der Waals surface area contributed by atoms with Crippen LogP contribution in [0.5, 0.6) is 0 Å². The largest absolute Gasteiger partial charge is 0.459 e. The van der Waals surface area contributed by atoms with Crippen molar-refractivity contribution in [2.24, 2.45) is 0 Å². The van der Waals surface area contributed by atoms with Crippen molar-refractivity contribution >= 4 is 24.6 Å². The molecule has 8 nitrogen and oxygen atoms in total. The van der Waals surface area contributed by atoms with Crippen LogP contribution >= 0.6 is 12.6 Å². The van der Waals surface area contributed by atoms with Crippen LogP contribution in [0.2, 0.25) is 0 Å². The maximum atomic E-state index is 11.8. The fourth-order valence-corrected chi connectivity index (χ4v) is 1.76. The van der Waals surface area contributed by atoms with Gasteiger partial charge in [-0.3, -0.25) is 0 Å². The van der Waals surface area contributed by atoms with E-state index in [0.717, 1.165) is 0 Å². The number of tetrazole rings is 1. The van der Waals surface area contributed by atoms with Crippen LogP contribution in [-0.2, 0) is 14.3 Å². The minimum absolute atomic E-state index is 0.0246. The zero-order valence-electron chi connectivity index (χ0n) is 12.3. The molecule has 0 radical (unpaired) electrons. The van der Waals surface area contributed by atoms with Crippen molar-refractivity contribution in [1.29, 1.82) is 0 Å². The summed E-state index contributed by atoms with van der Waals surface area (Å²) >= 11 is 4.10. The number of carbonyl (C=O) groups is 2. The molecule has 2 rings (SSSR count). The second kappa shape index (κ2) is 7.54. The summed E-state index contributed by atoms with van der Waals surface area (Å²) in [6.45, 7) is 4.93. The summed E-state index contributed by atoms with van der Waals surface area (Å²) in [4.78, 5) is 23.0. The van der Waals surface area contributed by atoms with E-state index < -0.39 is 11.9 Å². The Kier molecular flexibility index (Phi) is 5.47. The summed E-state index contributed by atoms with van der Waals surface area (Å²) in [5.41, 5.74) is 1.30. The molecule has 0 aliphatic rings. The third-order valence-electron chi connectivity index (χ3n) is 2.70. The first-order chi connectivity index (χ1) is 11.0. The van der Waals surface area contributed by atoms with Gasteiger partial charge >= 0.3 is 11.9 Å². The van der Waals surface area contributed by atoms with E-state index in [2.05, 4.69) is 34.7 Å². The SMILES string of the molecule is C=C(C)C(=O)OCCOC(=O)c1ccc(-n2nnnc2S)cc1. The molecular formula is C14H14N4O4S. The first kappa shape index (κ1) is 16.7. The quantitative estimate of drug-likeness (QED) is 0.367. The lowest BCUT2D eigenvalue weighted by molar-refractivity contribution is -0.140. The molecule has 1 aromatic carbocycles. The predicted molar refractivity (Wildman–Crippen MR) is 82.5 cm³/mol. The number of rotatable bonds is 6. The van der Waals surface area contributed by atoms with E-state index in [9.17, 15) is 9.59 Å². The van der Waals surface area contributed by atoms with Crippen molar-refractivity contribution in [2.75, 3.05) is 13.2 Å². The average Bonchev–Trinajstić information content (AvgIpc) is 2.97. The van der Waals surface area contributed by atoms with Gasteiger partial charge in [0.15, 0.2) is 0 Å². The molecule has 0 aliphatic carbocycles. The molecule has 120 valence electrons. The maximum absolute atomic E-state index is 11.8. The molecule has 0 saturated heterocycles. The van der Waals surface area contributed by atoms with Crippen LogP contribution < -0.4 is 0 Å². The Morgan fingerprint density at radius 2 is 1.87 bits per heavy atom. The normalized spacial score (nSPS) is 10.2. The number of aromatic nitrogens is 4. The number of carbonyl (C=O) groups excluding carboxylic acids is 2. The Balaban J connectivity index is 1.87. The number of thiol groups is 1. The Morgan fingerprint density at radius 1 is 1.22 bits per heavy atom. The molecule has 0 fully saturated rings. The Bertz CT molecular complexity index is 727. The number of hydrogen-bond donors (Lipinski definition) is 1. The number of hydrogen-bond acceptors (Lipinski definition) is 8. The molecule has 0 spiro atoms. The molecule has 0 saturated carbocycles. The minimum Gasteiger partial charge on any atom is -0.459 e. The minimum atomic E-state index is -0.522. The smallest absolute Gasteiger partial charge is 0.338 e. The second-order valence-corrected chi connectivity index (χ2v) is 4.89. The molecule has 23 heavy (non-hydrogen) atoms. The highest BCUT2D eigenvalue weighted by atomic mass is 32.1. The molecule has 0 N–H and O–H groups in total. The summed E-state index contributed by atoms with van der Waals surface area (Å²) in [5.74, 6) is -1.04. The van der Waals surface area contributed by atoms with Crippen LogP contribution in [0, 0.1) is 0 Å². The number of benzene rings is 1. The van der Waals surface area contributed by atoms with Gasteiger partial charge in [0, 0.05) is 5.57 Å². The van der Waals surface area contributed by atoms with Gasteiger partial charge in [-0.1, -0.05) is 6.58 Å². The fraction of sp³-hybridized carbons (Fsp3) is 0.214. The lowest BCUT2D eigenvalue weighted by Gasteiger charge is -2.07. The van der Waals surface area contributed by atoms with E-state index in [1.165, 1.54) is 11.6 Å². The zero-order chi connectivity index (χ0) is 16.8. The van der Waals surface area contributed by atoms with Crippen molar-refractivity contribution in [3.63, 3.8) is 0 Å². The standard InChI is InChI=1S/C14H14N4O4S/c1-9(2)12(19)21-7-8-22-13(20)10-3-5-11(6-4-10)18-14(23)15-16-17-18/h3-6H,1,7-8H2,2H3,(H,15,17,23). The van der Waals surface area contributed by atoms with E-state index in [1.807, 2.05) is 0 Å². The van der Waals surface area contributed by atoms with Crippen molar-refractivity contribution in [3.05, 3.63) is 42.0 Å². The molecule has 0 amide bonds. The van der Waals surface area contributed by atoms with Gasteiger partial charge in [0.25, 0.3) is 0 Å². The highest BCUT2D eigenvalue weighted by Gasteiger charge is 2.10. The summed E-state index contributed by atoms with van der Waals surface area (Å²) in [5, 5.41) is 11.2. The summed E-state index contributed by atoms with van der Waals surface area (Å²) in [6.07, 6.45) is 0. The van der Waals surface area contributed by atoms with Gasteiger partial charge in [0.05, 0.1) is 11.3 Å². The van der Waals surface area contributed by atoms with Crippen molar-refractivity contribution < 1.29 is 19.1 Å². The molecule has 0 unspecified atom stereocenters. The van der Waals surface area contributed by atoms with Gasteiger partial charge in [-0.25, -0.2) is 9.59 Å². The zero-order valence-corrected chi connectivity index (χ0v) is 13.2. The van der Waals surface area contributed by atoms with Crippen molar-refractivity contribution in [3.8, 4) is 5.69 Å². The lowest BCUT2D eigenvalue weighted by Crippen LogP contribution is -2.14. The van der Waals surface area contributed by atoms with E-state index in [0.29, 0.717) is 16.4 Å². The summed E-state index contributed by atoms with van der Waals surface area (Å²) in [6, 6.07) is 6.47. The van der Waals surface area contributed by atoms with Gasteiger partial charge in [-0.15, -0.1) is 17.7 Å². The first-order valence-corrected chi connectivity index (χ1v) is 7.01. The Morgan fingerprint density at radius 3 is 2.43 bits per heavy atom. The summed E-state index contributed by atoms with van der Waals surface area (Å²) in [7, 11) is 0. The van der Waals surface area contributed by atoms with E-state index in [1.54, 1.807) is 24.3 Å². The van der Waals surface area contributed by atoms with Crippen LogP contribution in [0.3, 0.4) is 0 Å². The third kappa shape index (κ3) is 4.39. The monoisotopic (exact) mass is 334 g/mol. The van der Waals surface area contributed by atoms with Gasteiger partial charge < -0.3 is 9.47 Å². The predicted octanol–water partition coefficient (Wildman–Crippen LogP) is 1.23. The highest BCUT2D eigenvalue weighted by molar-refractivity contribution is 7.80. The average molecular weight is 334 g/mol. The van der Waals surface area contributed by atoms with Gasteiger partial charge in [-0.2, -0.15) is 4.68 Å². The fourth-order valence-electron chi connectivity index (χ4n) is 1.56. The molecule has 0 aliphatic heterocycles. The number of nitrogens with zero attached hydrogens (tertiary/aromatic N) is 4. The maximum Gasteiger partial charge on any atom is 0.338 e. The van der Waals surface area contributed by atoms with Gasteiger partial charge in [0.1, 0.15) is 13.2 Å². The first-order valence-electron chi connectivity index (χ1n) is 6.56. The topological polar surface area (TPSA) is 96.2 Å². The number of ether oxygens (including phenoxy) is 2. The third-order valence-corrected chi connectivity index (χ3v) is 2.98. The van der Waals surface area contributed by atoms with Gasteiger partial charge in [0.2, 0.25) is 5.16 Å². The molecule has 2 aromatic rings. The van der Waals surface area contributed by atoms with E-state index in [4.69, 9.17) is 9.47 Å². The van der Waals surface area contributed by atoms with E-state index in [-0.39, 0.29) is 18.8 Å². The molecule has 0 atom stereocenters. The molecule has 1 aromatic heterocycles. The molecule has 9 heteroatoms. The molecular weight excluding hydrogens is 320 g/mol. The van der Waals surface area contributed by atoms with Crippen molar-refractivity contribution in [2.45, 2.75) is 12.1 Å². The van der Waals surface area contributed by atoms with Crippen LogP contribution in [0.1, 0.15) is 17.3 Å². The number of esters is 2. The van der Waals surface area contributed by atoms with Crippen LogP contribution in [0.15, 0.2) is 41.6 Å². The van der Waals surface area contributed by atoms with Crippen LogP contribution in [-0.4, -0.2) is 45.4 Å². The van der Waals surface area contributed by atoms with Crippen LogP contribution in [0.4, 0.5) is 0 Å². The lowest BCUT2D eigenvalue weighted by atomic mass is 10.2. The Labute approximate surface area is 137 Å². The van der Waals surface area contributed by atoms with Gasteiger partial charge in [-0.05, 0) is 41.6 Å². The van der Waals surface area contributed by atoms with Crippen molar-refractivity contribution in [1.82, 2.24) is 20.2 Å². The summed E-state index contributed by atoms with van der Waals surface area (Å²) < 4.78 is 11.2. The van der Waals surface area contributed by atoms with E-state index >= 15 is 0 Å².